The van der Waals surface area contributed by atoms with E-state index in [1.807, 2.05) is 48.9 Å². The van der Waals surface area contributed by atoms with Crippen molar-refractivity contribution in [1.29, 1.82) is 0 Å². The van der Waals surface area contributed by atoms with Crippen molar-refractivity contribution in [3.63, 3.8) is 0 Å². The average Bonchev–Trinajstić information content (AvgIpc) is 3.47. The van der Waals surface area contributed by atoms with Crippen molar-refractivity contribution in [2.75, 3.05) is 27.2 Å². The van der Waals surface area contributed by atoms with Crippen LogP contribution in [0.2, 0.25) is 0 Å². The summed E-state index contributed by atoms with van der Waals surface area (Å²) >= 11 is 1.51. The Labute approximate surface area is 207 Å². The first kappa shape index (κ1) is 19.8. The highest BCUT2D eigenvalue weighted by molar-refractivity contribution is 7.08. The maximum absolute atomic E-state index is 13.2. The summed E-state index contributed by atoms with van der Waals surface area (Å²) in [6, 6.07) is 5.71. The van der Waals surface area contributed by atoms with Crippen LogP contribution in [0.3, 0.4) is 0 Å². The number of fused-ring (bicyclic) bond motifs is 3. The van der Waals surface area contributed by atoms with Gasteiger partial charge in [0.15, 0.2) is 5.69 Å². The number of nitrogens with zero attached hydrogens (tertiary/aromatic N) is 3. The number of methoxy groups -OCH3 is 1. The van der Waals surface area contributed by atoms with Gasteiger partial charge in [0.25, 0.3) is 5.91 Å². The van der Waals surface area contributed by atoms with Crippen molar-refractivity contribution in [1.82, 2.24) is 20.0 Å². The van der Waals surface area contributed by atoms with Crippen molar-refractivity contribution in [3.05, 3.63) is 51.4 Å². The summed E-state index contributed by atoms with van der Waals surface area (Å²) in [5, 5.41) is 11.2. The van der Waals surface area contributed by atoms with E-state index in [0.717, 1.165) is 33.0 Å². The Hall–Kier alpha value is -3.59. The van der Waals surface area contributed by atoms with Crippen molar-refractivity contribution in [3.8, 4) is 28.4 Å². The molecule has 2 amide bonds. The summed E-state index contributed by atoms with van der Waals surface area (Å²) in [6.45, 7) is 2.51. The number of rotatable bonds is 7. The maximum atomic E-state index is 13.2. The Kier molecular flexibility index (Phi) is 5.67. The number of aromatic nitrogens is 2. The molecule has 0 spiro atoms. The molecule has 8 nitrogen and oxygen atoms in total. The van der Waals surface area contributed by atoms with E-state index < -0.39 is 18.8 Å². The third kappa shape index (κ3) is 4.56. The van der Waals surface area contributed by atoms with Crippen molar-refractivity contribution >= 4 is 29.2 Å². The van der Waals surface area contributed by atoms with Gasteiger partial charge in [0, 0.05) is 59.2 Å². The highest BCUT2D eigenvalue weighted by Crippen LogP contribution is 2.44. The first-order valence-corrected chi connectivity index (χ1v) is 11.7. The number of carbonyl (C=O) groups is 2. The fraction of sp³-hybridized carbons (Fsp3) is 0.320. The number of nitrogens with one attached hydrogen (secondary N) is 1. The molecule has 0 unspecified atom stereocenters. The predicted molar refractivity (Wildman–Crippen MR) is 133 cm³/mol. The molecule has 0 bridgehead atoms. The number of ether oxygens (including phenoxy) is 2. The van der Waals surface area contributed by atoms with E-state index in [0.29, 0.717) is 17.1 Å². The minimum absolute atomic E-state index is 0.0454. The van der Waals surface area contributed by atoms with Gasteiger partial charge in [0.05, 0.1) is 18.5 Å². The van der Waals surface area contributed by atoms with Gasteiger partial charge in [-0.2, -0.15) is 16.4 Å². The fourth-order valence-electron chi connectivity index (χ4n) is 3.77. The summed E-state index contributed by atoms with van der Waals surface area (Å²) in [5.74, 6) is 0.214. The molecule has 0 atom stereocenters. The molecule has 9 heteroatoms. The molecule has 0 saturated heterocycles. The quantitative estimate of drug-likeness (QED) is 0.546. The third-order valence-corrected chi connectivity index (χ3v) is 6.02. The lowest BCUT2D eigenvalue weighted by Crippen LogP contribution is -2.35. The molecular formula is C25H28N4O4S. The van der Waals surface area contributed by atoms with Gasteiger partial charge in [0.2, 0.25) is 5.91 Å². The molecule has 1 aliphatic heterocycles. The van der Waals surface area contributed by atoms with Crippen LogP contribution in [0.15, 0.2) is 34.5 Å². The smallest absolute Gasteiger partial charge is 0.272 e. The van der Waals surface area contributed by atoms with Crippen LogP contribution in [0.5, 0.6) is 11.5 Å². The van der Waals surface area contributed by atoms with E-state index in [9.17, 15) is 9.59 Å². The molecule has 2 aromatic heterocycles. The highest BCUT2D eigenvalue weighted by Gasteiger charge is 2.31. The van der Waals surface area contributed by atoms with Gasteiger partial charge in [-0.1, -0.05) is 11.6 Å². The Morgan fingerprint density at radius 3 is 2.85 bits per heavy atom. The minimum Gasteiger partial charge on any atom is -0.496 e. The monoisotopic (exact) mass is 483 g/mol. The van der Waals surface area contributed by atoms with Crippen LogP contribution >= 0.6 is 11.3 Å². The van der Waals surface area contributed by atoms with Gasteiger partial charge in [0.1, 0.15) is 18.1 Å². The number of hydrogen-bond donors (Lipinski definition) is 1. The predicted octanol–water partition coefficient (Wildman–Crippen LogP) is 4.13. The summed E-state index contributed by atoms with van der Waals surface area (Å²) in [5.41, 5.74) is 5.08. The first-order valence-electron chi connectivity index (χ1n) is 12.2. The van der Waals surface area contributed by atoms with Crippen LogP contribution in [0.25, 0.3) is 23.0 Å². The highest BCUT2D eigenvalue weighted by atomic mass is 32.1. The molecule has 0 aliphatic carbocycles. The third-order valence-electron chi connectivity index (χ3n) is 5.35. The van der Waals surface area contributed by atoms with Gasteiger partial charge >= 0.3 is 0 Å². The SMILES string of the molecule is [2H]C([2H])([2H])N(CCNC(=O)c1nn(-c2ccsc2)c2c1COc1cc(OC)c(C=C(C)C)cc1-2)C(C)=O. The topological polar surface area (TPSA) is 85.7 Å². The fourth-order valence-corrected chi connectivity index (χ4v) is 4.38. The maximum Gasteiger partial charge on any atom is 0.272 e. The van der Waals surface area contributed by atoms with Crippen LogP contribution < -0.4 is 14.8 Å². The lowest BCUT2D eigenvalue weighted by molar-refractivity contribution is -0.127. The number of allylic oxidation sites excluding steroid dienone is 1. The first-order chi connectivity index (χ1) is 17.5. The number of hydrogen-bond acceptors (Lipinski definition) is 6. The Morgan fingerprint density at radius 2 is 2.21 bits per heavy atom. The number of thiophene rings is 1. The number of carbonyl (C=O) groups excluding carboxylic acids is 2. The zero-order valence-corrected chi connectivity index (χ0v) is 20.3. The van der Waals surface area contributed by atoms with E-state index in [4.69, 9.17) is 13.6 Å². The summed E-state index contributed by atoms with van der Waals surface area (Å²) < 4.78 is 35.9. The van der Waals surface area contributed by atoms with Crippen LogP contribution in [0.4, 0.5) is 0 Å². The molecule has 1 aromatic carbocycles. The normalized spacial score (nSPS) is 13.4. The van der Waals surface area contributed by atoms with Crippen LogP contribution in [0.1, 0.15) is 46.5 Å². The molecule has 1 N–H and O–H groups in total. The van der Waals surface area contributed by atoms with E-state index in [1.165, 1.54) is 18.3 Å². The molecule has 3 aromatic rings. The molecular weight excluding hydrogens is 452 g/mol. The average molecular weight is 484 g/mol. The second-order valence-electron chi connectivity index (χ2n) is 8.10. The molecule has 34 heavy (non-hydrogen) atoms. The molecule has 3 heterocycles. The van der Waals surface area contributed by atoms with Crippen LogP contribution in [-0.4, -0.2) is 53.7 Å². The second-order valence-corrected chi connectivity index (χ2v) is 8.88. The zero-order valence-electron chi connectivity index (χ0n) is 22.5. The summed E-state index contributed by atoms with van der Waals surface area (Å²) in [4.78, 5) is 25.7. The van der Waals surface area contributed by atoms with Crippen molar-refractivity contribution in [2.24, 2.45) is 0 Å². The van der Waals surface area contributed by atoms with Gasteiger partial charge < -0.3 is 19.7 Å². The Bertz CT molecular complexity index is 1360. The minimum atomic E-state index is -2.59. The Morgan fingerprint density at radius 1 is 1.38 bits per heavy atom. The van der Waals surface area contributed by atoms with Crippen molar-refractivity contribution < 1.29 is 23.2 Å². The van der Waals surface area contributed by atoms with E-state index in [-0.39, 0.29) is 25.4 Å². The molecule has 1 aliphatic rings. The molecule has 4 rings (SSSR count). The van der Waals surface area contributed by atoms with E-state index >= 15 is 0 Å². The molecule has 178 valence electrons. The van der Waals surface area contributed by atoms with Crippen LogP contribution in [0, 0.1) is 0 Å². The number of benzene rings is 1. The molecule has 0 saturated carbocycles. The standard InChI is InChI=1S/C25H28N4O4S/c1-15(2)10-17-11-19-22(12-21(17)32-5)33-13-20-23(25(31)26-7-8-28(4)16(3)30)27-29(24(19)20)18-6-9-34-14-18/h6,9-12,14H,7-8,13H2,1-5H3,(H,26,31)/i4D3. The van der Waals surface area contributed by atoms with Gasteiger partial charge in [-0.3, -0.25) is 9.59 Å². The molecule has 0 radical (unpaired) electrons. The summed E-state index contributed by atoms with van der Waals surface area (Å²) in [7, 11) is 1.61. The lowest BCUT2D eigenvalue weighted by Gasteiger charge is -2.21. The largest absolute Gasteiger partial charge is 0.496 e. The zero-order chi connectivity index (χ0) is 26.9. The summed E-state index contributed by atoms with van der Waals surface area (Å²) in [6.07, 6.45) is 2.01. The van der Waals surface area contributed by atoms with E-state index in [1.54, 1.807) is 11.8 Å². The van der Waals surface area contributed by atoms with E-state index in [2.05, 4.69) is 10.4 Å². The Balaban J connectivity index is 1.74. The van der Waals surface area contributed by atoms with Crippen LogP contribution in [-0.2, 0) is 11.4 Å². The van der Waals surface area contributed by atoms with Gasteiger partial charge in [-0.15, -0.1) is 0 Å². The number of likely N-dealkylation sites (N-methyl/N-ethyl adjacent to an activating group) is 1. The lowest BCUT2D eigenvalue weighted by atomic mass is 9.98. The second kappa shape index (κ2) is 9.72. The number of amides is 2. The van der Waals surface area contributed by atoms with Gasteiger partial charge in [-0.05, 0) is 31.4 Å². The van der Waals surface area contributed by atoms with Crippen molar-refractivity contribution in [2.45, 2.75) is 27.4 Å². The molecule has 0 fully saturated rings. The van der Waals surface area contributed by atoms with Gasteiger partial charge in [-0.25, -0.2) is 4.68 Å².